The SMILES string of the molecule is CC1=NC2(CC3(CCC(N4C(=O)C(=C(N)N)C(=O)N(CC5CCCC5)C4=O)CC3)C2)N(C)C1=O. The van der Waals surface area contributed by atoms with Crippen molar-refractivity contribution < 1.29 is 19.2 Å². The normalized spacial score (nSPS) is 34.5. The topological polar surface area (TPSA) is 142 Å². The Kier molecular flexibility index (Phi) is 5.25. The average Bonchev–Trinajstić information content (AvgIpc) is 3.35. The van der Waals surface area contributed by atoms with Gasteiger partial charge in [-0.25, -0.2) is 4.79 Å². The number of aliphatic imine (C=N–C) groups is 1. The lowest BCUT2D eigenvalue weighted by Crippen LogP contribution is -2.63. The molecule has 2 spiro atoms. The van der Waals surface area contributed by atoms with Gasteiger partial charge in [-0.15, -0.1) is 0 Å². The minimum absolute atomic E-state index is 0.0150. The van der Waals surface area contributed by atoms with Crippen LogP contribution in [0.15, 0.2) is 16.4 Å². The van der Waals surface area contributed by atoms with E-state index in [0.29, 0.717) is 25.1 Å². The molecule has 0 aromatic rings. The van der Waals surface area contributed by atoms with Crippen LogP contribution in [0.1, 0.15) is 71.1 Å². The Labute approximate surface area is 199 Å². The van der Waals surface area contributed by atoms with Crippen LogP contribution in [0.2, 0.25) is 0 Å². The van der Waals surface area contributed by atoms with E-state index in [4.69, 9.17) is 11.5 Å². The third-order valence-corrected chi connectivity index (χ3v) is 8.84. The van der Waals surface area contributed by atoms with Crippen molar-refractivity contribution in [3.63, 3.8) is 0 Å². The summed E-state index contributed by atoms with van der Waals surface area (Å²) in [6, 6.07) is -0.844. The van der Waals surface area contributed by atoms with Crippen LogP contribution >= 0.6 is 0 Å². The number of rotatable bonds is 3. The zero-order valence-corrected chi connectivity index (χ0v) is 20.0. The molecular weight excluding hydrogens is 436 g/mol. The Balaban J connectivity index is 1.31. The van der Waals surface area contributed by atoms with E-state index in [1.165, 1.54) is 9.80 Å². The molecule has 0 aromatic heterocycles. The Hall–Kier alpha value is -2.91. The molecule has 2 heterocycles. The minimum atomic E-state index is -0.676. The fourth-order valence-electron chi connectivity index (χ4n) is 6.99. The summed E-state index contributed by atoms with van der Waals surface area (Å²) in [7, 11) is 1.81. The standard InChI is InChI=1S/C24H34N6O4/c1-14-19(31)28(2)24(27-14)12-23(13-24)9-7-16(8-10-23)30-21(33)17(18(25)26)20(32)29(22(30)34)11-15-5-3-4-6-15/h15-16H,3-13,25-26H2,1-2H3. The largest absolute Gasteiger partial charge is 0.385 e. The number of carbonyl (C=O) groups is 4. The van der Waals surface area contributed by atoms with E-state index in [-0.39, 0.29) is 34.7 Å². The maximum Gasteiger partial charge on any atom is 0.334 e. The van der Waals surface area contributed by atoms with Gasteiger partial charge in [0.15, 0.2) is 0 Å². The number of hydrogen-bond donors (Lipinski definition) is 2. The summed E-state index contributed by atoms with van der Waals surface area (Å²) in [6.45, 7) is 2.06. The first-order valence-electron chi connectivity index (χ1n) is 12.4. The molecular formula is C24H34N6O4. The lowest BCUT2D eigenvalue weighted by atomic mass is 9.54. The van der Waals surface area contributed by atoms with E-state index < -0.39 is 23.5 Å². The van der Waals surface area contributed by atoms with Crippen molar-refractivity contribution in [2.75, 3.05) is 13.6 Å². The van der Waals surface area contributed by atoms with Gasteiger partial charge in [-0.1, -0.05) is 12.8 Å². The molecule has 3 aliphatic carbocycles. The molecule has 5 amide bonds. The number of nitrogens with two attached hydrogens (primary N) is 2. The minimum Gasteiger partial charge on any atom is -0.385 e. The van der Waals surface area contributed by atoms with Gasteiger partial charge in [0.2, 0.25) is 0 Å². The Morgan fingerprint density at radius 1 is 0.971 bits per heavy atom. The van der Waals surface area contributed by atoms with Crippen LogP contribution in [-0.2, 0) is 14.4 Å². The number of barbiturate groups is 1. The second kappa shape index (κ2) is 7.81. The van der Waals surface area contributed by atoms with Gasteiger partial charge in [-0.05, 0) is 69.6 Å². The summed E-state index contributed by atoms with van der Waals surface area (Å²) in [4.78, 5) is 60.7. The first-order valence-corrected chi connectivity index (χ1v) is 12.4. The first-order chi connectivity index (χ1) is 16.1. The number of amides is 5. The maximum atomic E-state index is 13.4. The molecule has 2 aliphatic heterocycles. The molecule has 0 bridgehead atoms. The molecule has 10 heteroatoms. The number of urea groups is 1. The van der Waals surface area contributed by atoms with Gasteiger partial charge < -0.3 is 16.4 Å². The highest BCUT2D eigenvalue weighted by Crippen LogP contribution is 2.60. The number of imide groups is 2. The molecule has 184 valence electrons. The Morgan fingerprint density at radius 2 is 1.59 bits per heavy atom. The summed E-state index contributed by atoms with van der Waals surface area (Å²) < 4.78 is 0. The van der Waals surface area contributed by atoms with Gasteiger partial charge in [0, 0.05) is 19.6 Å². The van der Waals surface area contributed by atoms with Crippen molar-refractivity contribution >= 4 is 29.5 Å². The van der Waals surface area contributed by atoms with E-state index in [1.807, 2.05) is 7.05 Å². The third kappa shape index (κ3) is 3.32. The summed E-state index contributed by atoms with van der Waals surface area (Å²) in [5, 5.41) is 0. The van der Waals surface area contributed by atoms with Crippen LogP contribution in [0.25, 0.3) is 0 Å². The van der Waals surface area contributed by atoms with Crippen molar-refractivity contribution in [2.45, 2.75) is 82.8 Å². The second-order valence-corrected chi connectivity index (χ2v) is 11.0. The van der Waals surface area contributed by atoms with Crippen LogP contribution in [0, 0.1) is 11.3 Å². The van der Waals surface area contributed by atoms with E-state index in [9.17, 15) is 19.2 Å². The summed E-state index contributed by atoms with van der Waals surface area (Å²) in [5.41, 5.74) is 11.4. The molecule has 3 saturated carbocycles. The molecule has 5 aliphatic rings. The zero-order valence-electron chi connectivity index (χ0n) is 20.0. The Morgan fingerprint density at radius 3 is 2.12 bits per heavy atom. The van der Waals surface area contributed by atoms with Gasteiger partial charge in [0.05, 0.1) is 5.71 Å². The van der Waals surface area contributed by atoms with E-state index in [2.05, 4.69) is 4.99 Å². The lowest BCUT2D eigenvalue weighted by Gasteiger charge is -2.58. The van der Waals surface area contributed by atoms with Crippen LogP contribution in [0.5, 0.6) is 0 Å². The third-order valence-electron chi connectivity index (χ3n) is 8.84. The molecule has 0 unspecified atom stereocenters. The zero-order chi connectivity index (χ0) is 24.4. The number of carbonyl (C=O) groups excluding carboxylic acids is 4. The average molecular weight is 471 g/mol. The Bertz CT molecular complexity index is 1010. The fraction of sp³-hybridized carbons (Fsp3) is 0.708. The highest BCUT2D eigenvalue weighted by Gasteiger charge is 2.61. The molecule has 5 rings (SSSR count). The van der Waals surface area contributed by atoms with Gasteiger partial charge in [0.1, 0.15) is 17.1 Å². The lowest BCUT2D eigenvalue weighted by molar-refractivity contribution is -0.144. The van der Waals surface area contributed by atoms with Crippen LogP contribution < -0.4 is 11.5 Å². The highest BCUT2D eigenvalue weighted by molar-refractivity contribution is 6.39. The molecule has 1 saturated heterocycles. The van der Waals surface area contributed by atoms with Crippen molar-refractivity contribution in [1.82, 2.24) is 14.7 Å². The summed E-state index contributed by atoms with van der Waals surface area (Å²) in [5.74, 6) is -1.45. The van der Waals surface area contributed by atoms with Gasteiger partial charge in [0.25, 0.3) is 17.7 Å². The first kappa shape index (κ1) is 22.9. The molecule has 0 atom stereocenters. The number of nitrogens with zero attached hydrogens (tertiary/aromatic N) is 4. The molecule has 4 fully saturated rings. The molecule has 0 radical (unpaired) electrons. The van der Waals surface area contributed by atoms with Crippen LogP contribution in [0.3, 0.4) is 0 Å². The van der Waals surface area contributed by atoms with Gasteiger partial charge >= 0.3 is 6.03 Å². The predicted molar refractivity (Wildman–Crippen MR) is 124 cm³/mol. The predicted octanol–water partition coefficient (Wildman–Crippen LogP) is 1.45. The molecule has 4 N–H and O–H groups in total. The maximum absolute atomic E-state index is 13.4. The van der Waals surface area contributed by atoms with Crippen LogP contribution in [0.4, 0.5) is 4.79 Å². The van der Waals surface area contributed by atoms with Crippen molar-refractivity contribution in [3.8, 4) is 0 Å². The molecule has 10 nitrogen and oxygen atoms in total. The number of hydrogen-bond acceptors (Lipinski definition) is 7. The monoisotopic (exact) mass is 470 g/mol. The van der Waals surface area contributed by atoms with Crippen molar-refractivity contribution in [3.05, 3.63) is 11.4 Å². The fourth-order valence-corrected chi connectivity index (χ4v) is 6.99. The molecule has 0 aromatic carbocycles. The van der Waals surface area contributed by atoms with Gasteiger partial charge in [-0.2, -0.15) is 0 Å². The van der Waals surface area contributed by atoms with E-state index >= 15 is 0 Å². The van der Waals surface area contributed by atoms with Crippen molar-refractivity contribution in [2.24, 2.45) is 27.8 Å². The quantitative estimate of drug-likeness (QED) is 0.472. The van der Waals surface area contributed by atoms with Crippen molar-refractivity contribution in [1.29, 1.82) is 0 Å². The summed E-state index contributed by atoms with van der Waals surface area (Å²) in [6.07, 6.45) is 8.69. The molecule has 34 heavy (non-hydrogen) atoms. The highest BCUT2D eigenvalue weighted by atomic mass is 16.2. The second-order valence-electron chi connectivity index (χ2n) is 11.0. The smallest absolute Gasteiger partial charge is 0.334 e. The van der Waals surface area contributed by atoms with E-state index in [1.54, 1.807) is 11.8 Å². The van der Waals surface area contributed by atoms with Crippen LogP contribution in [-0.4, -0.2) is 69.5 Å². The van der Waals surface area contributed by atoms with Gasteiger partial charge in [-0.3, -0.25) is 29.2 Å². The summed E-state index contributed by atoms with van der Waals surface area (Å²) >= 11 is 0. The van der Waals surface area contributed by atoms with E-state index in [0.717, 1.165) is 51.4 Å².